The smallest absolute Gasteiger partial charge is 0.332 e. The Morgan fingerprint density at radius 1 is 1.12 bits per heavy atom. The van der Waals surface area contributed by atoms with Gasteiger partial charge in [0, 0.05) is 47.6 Å². The van der Waals surface area contributed by atoms with Crippen LogP contribution in [0.1, 0.15) is 32.9 Å². The highest BCUT2D eigenvalue weighted by atomic mass is 32.2. The van der Waals surface area contributed by atoms with Crippen LogP contribution in [-0.4, -0.2) is 55.6 Å². The van der Waals surface area contributed by atoms with E-state index in [-0.39, 0.29) is 19.0 Å². The summed E-state index contributed by atoms with van der Waals surface area (Å²) >= 11 is 0. The van der Waals surface area contributed by atoms with E-state index in [9.17, 15) is 32.0 Å². The number of benzene rings is 2. The first-order valence-electron chi connectivity index (χ1n) is 11.9. The van der Waals surface area contributed by atoms with Gasteiger partial charge >= 0.3 is 15.6 Å². The molecule has 0 aliphatic carbocycles. The van der Waals surface area contributed by atoms with Gasteiger partial charge in [0.1, 0.15) is 23.7 Å². The predicted octanol–water partition coefficient (Wildman–Crippen LogP) is 4.13. The third-order valence-electron chi connectivity index (χ3n) is 6.12. The molecule has 1 amide bonds. The molecule has 2 aromatic carbocycles. The minimum atomic E-state index is -5.84. The quantitative estimate of drug-likeness (QED) is 0.208. The van der Waals surface area contributed by atoms with Crippen molar-refractivity contribution in [2.24, 2.45) is 0 Å². The minimum Gasteiger partial charge on any atom is -0.332 e. The third kappa shape index (κ3) is 6.75. The summed E-state index contributed by atoms with van der Waals surface area (Å²) in [6.07, 6.45) is 3.35. The van der Waals surface area contributed by atoms with Gasteiger partial charge in [0.25, 0.3) is 5.91 Å². The van der Waals surface area contributed by atoms with E-state index >= 15 is 0 Å². The largest absolute Gasteiger partial charge is 0.522 e. The Labute approximate surface area is 235 Å². The fourth-order valence-electron chi connectivity index (χ4n) is 4.15. The number of alkyl halides is 3. The minimum absolute atomic E-state index is 0.117. The number of fused-ring (bicyclic) bond motifs is 1. The third-order valence-corrected chi connectivity index (χ3v) is 6.70. The standard InChI is InChI=1S/C25H18F2N6O.CHF3O3S/c26-19-5-4-18(21(27)11-19)13-33-23-7-9-32(25(34)22-6-8-29-15-30-22)14-20(23)24(31-33)17-3-1-2-16(10-17)12-28;2-1(3,4)8(5,6)7/h1-6,8,10-11,15H,7,9,13-14H2;(H,5,6,7). The van der Waals surface area contributed by atoms with Crippen LogP contribution < -0.4 is 0 Å². The predicted molar refractivity (Wildman–Crippen MR) is 136 cm³/mol. The lowest BCUT2D eigenvalue weighted by molar-refractivity contribution is -0.0510. The van der Waals surface area contributed by atoms with Crippen molar-refractivity contribution in [3.63, 3.8) is 0 Å². The first-order valence-corrected chi connectivity index (χ1v) is 13.3. The molecule has 16 heteroatoms. The fraction of sp³-hybridized carbons (Fsp3) is 0.192. The number of carbonyl (C=O) groups is 1. The van der Waals surface area contributed by atoms with Gasteiger partial charge in [-0.25, -0.2) is 18.7 Å². The first kappa shape index (κ1) is 30.2. The number of carbonyl (C=O) groups excluding carboxylic acids is 1. The number of halogens is 5. The molecule has 1 aliphatic rings. The van der Waals surface area contributed by atoms with E-state index in [2.05, 4.69) is 16.0 Å². The van der Waals surface area contributed by atoms with Crippen molar-refractivity contribution in [1.82, 2.24) is 24.6 Å². The van der Waals surface area contributed by atoms with Gasteiger partial charge < -0.3 is 4.90 Å². The molecule has 0 bridgehead atoms. The molecule has 0 atom stereocenters. The van der Waals surface area contributed by atoms with Crippen LogP contribution in [0.25, 0.3) is 11.3 Å². The molecule has 218 valence electrons. The Morgan fingerprint density at radius 3 is 2.48 bits per heavy atom. The number of hydrogen-bond acceptors (Lipinski definition) is 7. The average Bonchev–Trinajstić information content (AvgIpc) is 3.31. The highest BCUT2D eigenvalue weighted by molar-refractivity contribution is 7.86. The van der Waals surface area contributed by atoms with Crippen molar-refractivity contribution in [3.05, 3.63) is 101 Å². The van der Waals surface area contributed by atoms with Crippen molar-refractivity contribution in [2.75, 3.05) is 6.54 Å². The average molecular weight is 607 g/mol. The second-order valence-corrected chi connectivity index (χ2v) is 10.3. The molecule has 0 saturated carbocycles. The summed E-state index contributed by atoms with van der Waals surface area (Å²) in [5.74, 6) is -1.51. The normalized spacial score (nSPS) is 13.0. The maximum absolute atomic E-state index is 14.4. The van der Waals surface area contributed by atoms with Crippen LogP contribution in [0.3, 0.4) is 0 Å². The molecule has 0 unspecified atom stereocenters. The van der Waals surface area contributed by atoms with E-state index < -0.39 is 27.3 Å². The molecule has 5 rings (SSSR count). The number of nitriles is 1. The van der Waals surface area contributed by atoms with Crippen molar-refractivity contribution in [1.29, 1.82) is 5.26 Å². The zero-order valence-electron chi connectivity index (χ0n) is 21.3. The highest BCUT2D eigenvalue weighted by Crippen LogP contribution is 2.32. The van der Waals surface area contributed by atoms with Gasteiger partial charge in [0.15, 0.2) is 0 Å². The Balaban J connectivity index is 0.000000446. The molecular weight excluding hydrogens is 587 g/mol. The zero-order valence-corrected chi connectivity index (χ0v) is 22.1. The topological polar surface area (TPSA) is 142 Å². The van der Waals surface area contributed by atoms with E-state index in [1.54, 1.807) is 33.8 Å². The second kappa shape index (κ2) is 12.0. The number of hydrogen-bond donors (Lipinski definition) is 1. The van der Waals surface area contributed by atoms with E-state index in [1.165, 1.54) is 24.7 Å². The number of aromatic nitrogens is 4. The zero-order chi connectivity index (χ0) is 30.7. The summed E-state index contributed by atoms with van der Waals surface area (Å²) in [7, 11) is -5.84. The van der Waals surface area contributed by atoms with Gasteiger partial charge in [0.05, 0.1) is 30.4 Å². The molecule has 0 radical (unpaired) electrons. The molecule has 4 aromatic rings. The number of rotatable bonds is 4. The summed E-state index contributed by atoms with van der Waals surface area (Å²) in [5, 5.41) is 14.1. The van der Waals surface area contributed by atoms with Gasteiger partial charge in [0.2, 0.25) is 0 Å². The molecule has 1 aliphatic heterocycles. The van der Waals surface area contributed by atoms with Crippen molar-refractivity contribution in [2.45, 2.75) is 25.0 Å². The van der Waals surface area contributed by atoms with Gasteiger partial charge in [-0.3, -0.25) is 14.0 Å². The summed E-state index contributed by atoms with van der Waals surface area (Å²) in [5.41, 5.74) is -1.41. The lowest BCUT2D eigenvalue weighted by Gasteiger charge is -2.27. The summed E-state index contributed by atoms with van der Waals surface area (Å²) in [6.45, 7) is 0.841. The molecule has 0 fully saturated rings. The van der Waals surface area contributed by atoms with Crippen molar-refractivity contribution < 1.29 is 39.7 Å². The summed E-state index contributed by atoms with van der Waals surface area (Å²) in [6, 6.07) is 14.2. The fourth-order valence-corrected chi connectivity index (χ4v) is 4.15. The van der Waals surface area contributed by atoms with Crippen LogP contribution >= 0.6 is 0 Å². The van der Waals surface area contributed by atoms with Gasteiger partial charge in [-0.15, -0.1) is 0 Å². The number of nitrogens with zero attached hydrogens (tertiary/aromatic N) is 6. The van der Waals surface area contributed by atoms with Gasteiger partial charge in [-0.2, -0.15) is 31.9 Å². The van der Waals surface area contributed by atoms with Crippen molar-refractivity contribution >= 4 is 16.0 Å². The van der Waals surface area contributed by atoms with Gasteiger partial charge in [-0.1, -0.05) is 18.2 Å². The molecular formula is C26H19F5N6O4S. The van der Waals surface area contributed by atoms with E-state index in [1.807, 2.05) is 6.07 Å². The Bertz CT molecular complexity index is 1770. The molecule has 0 saturated heterocycles. The van der Waals surface area contributed by atoms with Crippen LogP contribution in [-0.2, 0) is 29.6 Å². The van der Waals surface area contributed by atoms with Crippen molar-refractivity contribution in [3.8, 4) is 17.3 Å². The van der Waals surface area contributed by atoms with Crippen LogP contribution in [0, 0.1) is 23.0 Å². The Kier molecular flexibility index (Phi) is 8.64. The van der Waals surface area contributed by atoms with Crippen LogP contribution in [0.4, 0.5) is 22.0 Å². The molecule has 3 heterocycles. The SMILES string of the molecule is N#Cc1cccc(-c2nn(Cc3ccc(F)cc3F)c3c2CN(C(=O)c2ccncn2)CC3)c1.O=S(=O)(O)C(F)(F)F. The van der Waals surface area contributed by atoms with Crippen LogP contribution in [0.15, 0.2) is 61.1 Å². The lowest BCUT2D eigenvalue weighted by Crippen LogP contribution is -2.37. The lowest BCUT2D eigenvalue weighted by atomic mass is 9.99. The molecule has 0 spiro atoms. The van der Waals surface area contributed by atoms with E-state index in [4.69, 9.17) is 18.1 Å². The maximum atomic E-state index is 14.4. The van der Waals surface area contributed by atoms with E-state index in [0.717, 1.165) is 22.9 Å². The highest BCUT2D eigenvalue weighted by Gasteiger charge is 2.44. The molecule has 42 heavy (non-hydrogen) atoms. The van der Waals surface area contributed by atoms with Crippen LogP contribution in [0.2, 0.25) is 0 Å². The maximum Gasteiger partial charge on any atom is 0.522 e. The summed E-state index contributed by atoms with van der Waals surface area (Å²) in [4.78, 5) is 22.6. The molecule has 2 aromatic heterocycles. The first-order chi connectivity index (χ1) is 19.8. The number of amides is 1. The second-order valence-electron chi connectivity index (χ2n) is 8.85. The Morgan fingerprint density at radius 2 is 1.86 bits per heavy atom. The molecule has 1 N–H and O–H groups in total. The summed E-state index contributed by atoms with van der Waals surface area (Å²) < 4.78 is 87.0. The monoisotopic (exact) mass is 606 g/mol. The van der Waals surface area contributed by atoms with Crippen LogP contribution in [0.5, 0.6) is 0 Å². The Hall–Kier alpha value is -4.75. The van der Waals surface area contributed by atoms with E-state index in [0.29, 0.717) is 35.5 Å². The van der Waals surface area contributed by atoms with Gasteiger partial charge in [-0.05, 0) is 24.3 Å². The molecule has 10 nitrogen and oxygen atoms in total.